The Bertz CT molecular complexity index is 489. The van der Waals surface area contributed by atoms with Gasteiger partial charge in [0.05, 0.1) is 13.2 Å². The van der Waals surface area contributed by atoms with E-state index in [1.165, 1.54) is 0 Å². The lowest BCUT2D eigenvalue weighted by atomic mass is 9.84. The van der Waals surface area contributed by atoms with Crippen molar-refractivity contribution in [1.29, 1.82) is 0 Å². The minimum Gasteiger partial charge on any atom is -0.383 e. The Hall–Kier alpha value is -0.240. The summed E-state index contributed by atoms with van der Waals surface area (Å²) in [5, 5.41) is 4.35. The van der Waals surface area contributed by atoms with E-state index in [1.807, 2.05) is 39.0 Å². The second kappa shape index (κ2) is 9.80. The third-order valence-electron chi connectivity index (χ3n) is 3.10. The Morgan fingerprint density at radius 3 is 2.41 bits per heavy atom. The zero-order valence-corrected chi connectivity index (χ0v) is 17.2. The summed E-state index contributed by atoms with van der Waals surface area (Å²) >= 11 is 12.5. The van der Waals surface area contributed by atoms with Gasteiger partial charge < -0.3 is 15.8 Å². The number of ether oxygens (including phenoxy) is 1. The smallest absolute Gasteiger partial charge is 0.188 e. The van der Waals surface area contributed by atoms with Gasteiger partial charge >= 0.3 is 0 Å². The predicted molar refractivity (Wildman–Crippen MR) is 106 cm³/mol. The Kier molecular flexibility index (Phi) is 9.69. The van der Waals surface area contributed by atoms with Crippen LogP contribution in [0.4, 0.5) is 0 Å². The molecule has 126 valence electrons. The fourth-order valence-electron chi connectivity index (χ4n) is 2.10. The van der Waals surface area contributed by atoms with E-state index >= 15 is 0 Å². The van der Waals surface area contributed by atoms with Gasteiger partial charge in [-0.05, 0) is 24.6 Å². The molecule has 0 spiro atoms. The van der Waals surface area contributed by atoms with Gasteiger partial charge in [-0.15, -0.1) is 24.0 Å². The molecule has 1 atom stereocenters. The van der Waals surface area contributed by atoms with E-state index in [0.29, 0.717) is 29.2 Å². The number of hydrogen-bond acceptors (Lipinski definition) is 2. The second-order valence-electron chi connectivity index (χ2n) is 5.68. The van der Waals surface area contributed by atoms with Crippen molar-refractivity contribution in [2.45, 2.75) is 32.2 Å². The van der Waals surface area contributed by atoms with Gasteiger partial charge in [-0.3, -0.25) is 4.99 Å². The van der Waals surface area contributed by atoms with Crippen LogP contribution in [0.15, 0.2) is 23.2 Å². The van der Waals surface area contributed by atoms with Crippen LogP contribution in [0.5, 0.6) is 0 Å². The summed E-state index contributed by atoms with van der Waals surface area (Å²) in [5.41, 5.74) is 6.45. The van der Waals surface area contributed by atoms with Crippen LogP contribution in [-0.4, -0.2) is 32.3 Å². The van der Waals surface area contributed by atoms with Crippen molar-refractivity contribution in [3.63, 3.8) is 0 Å². The van der Waals surface area contributed by atoms with Crippen molar-refractivity contribution in [1.82, 2.24) is 5.32 Å². The predicted octanol–water partition coefficient (Wildman–Crippen LogP) is 3.83. The molecule has 1 aromatic rings. The van der Waals surface area contributed by atoms with Gasteiger partial charge in [0.1, 0.15) is 0 Å². The molecular formula is C15H24Cl2IN3O. The van der Waals surface area contributed by atoms with Crippen LogP contribution in [0.2, 0.25) is 10.0 Å². The number of benzene rings is 1. The van der Waals surface area contributed by atoms with Gasteiger partial charge in [-0.2, -0.15) is 0 Å². The molecule has 0 radical (unpaired) electrons. The van der Waals surface area contributed by atoms with Gasteiger partial charge in [0.15, 0.2) is 5.96 Å². The fraction of sp³-hybridized carbons (Fsp3) is 0.533. The average molecular weight is 460 g/mol. The van der Waals surface area contributed by atoms with Crippen molar-refractivity contribution in [3.05, 3.63) is 33.8 Å². The normalized spacial score (nSPS) is 13.5. The highest BCUT2D eigenvalue weighted by molar-refractivity contribution is 14.0. The SMILES string of the molecule is COCC(C)NC(N)=NCC(C)(C)c1c(Cl)cccc1Cl.I. The van der Waals surface area contributed by atoms with Gasteiger partial charge in [0, 0.05) is 28.6 Å². The third kappa shape index (κ3) is 6.48. The quantitative estimate of drug-likeness (QED) is 0.386. The van der Waals surface area contributed by atoms with E-state index < -0.39 is 0 Å². The van der Waals surface area contributed by atoms with Gasteiger partial charge in [-0.25, -0.2) is 0 Å². The number of methoxy groups -OCH3 is 1. The van der Waals surface area contributed by atoms with Crippen LogP contribution in [-0.2, 0) is 10.2 Å². The van der Waals surface area contributed by atoms with Crippen LogP contribution in [0.25, 0.3) is 0 Å². The maximum absolute atomic E-state index is 6.26. The molecule has 0 aromatic heterocycles. The molecule has 0 amide bonds. The molecule has 1 unspecified atom stereocenters. The molecule has 0 aliphatic heterocycles. The van der Waals surface area contributed by atoms with E-state index in [1.54, 1.807) is 7.11 Å². The lowest BCUT2D eigenvalue weighted by Crippen LogP contribution is -2.41. The fourth-order valence-corrected chi connectivity index (χ4v) is 3.01. The highest BCUT2D eigenvalue weighted by atomic mass is 127. The summed E-state index contributed by atoms with van der Waals surface area (Å²) in [6, 6.07) is 5.59. The molecule has 22 heavy (non-hydrogen) atoms. The largest absolute Gasteiger partial charge is 0.383 e. The van der Waals surface area contributed by atoms with Crippen molar-refractivity contribution < 1.29 is 4.74 Å². The first-order chi connectivity index (χ1) is 9.77. The van der Waals surface area contributed by atoms with E-state index in [-0.39, 0.29) is 35.4 Å². The maximum Gasteiger partial charge on any atom is 0.188 e. The van der Waals surface area contributed by atoms with Crippen molar-refractivity contribution in [2.75, 3.05) is 20.3 Å². The third-order valence-corrected chi connectivity index (χ3v) is 3.73. The Labute approximate surface area is 159 Å². The molecular weight excluding hydrogens is 436 g/mol. The topological polar surface area (TPSA) is 59.6 Å². The average Bonchev–Trinajstić information content (AvgIpc) is 2.36. The number of rotatable bonds is 6. The van der Waals surface area contributed by atoms with E-state index in [0.717, 1.165) is 5.56 Å². The number of guanidine groups is 1. The monoisotopic (exact) mass is 459 g/mol. The molecule has 0 saturated carbocycles. The molecule has 1 aromatic carbocycles. The second-order valence-corrected chi connectivity index (χ2v) is 6.50. The Morgan fingerprint density at radius 2 is 1.91 bits per heavy atom. The molecule has 0 heterocycles. The van der Waals surface area contributed by atoms with Crippen LogP contribution >= 0.6 is 47.2 Å². The highest BCUT2D eigenvalue weighted by Gasteiger charge is 2.25. The Morgan fingerprint density at radius 1 is 1.36 bits per heavy atom. The molecule has 7 heteroatoms. The number of nitrogens with zero attached hydrogens (tertiary/aromatic N) is 1. The molecule has 4 nitrogen and oxygen atoms in total. The molecule has 0 saturated heterocycles. The number of nitrogens with one attached hydrogen (secondary N) is 1. The summed E-state index contributed by atoms with van der Waals surface area (Å²) in [6.07, 6.45) is 0. The van der Waals surface area contributed by atoms with Gasteiger partial charge in [-0.1, -0.05) is 43.1 Å². The van der Waals surface area contributed by atoms with Crippen LogP contribution in [0.1, 0.15) is 26.3 Å². The molecule has 0 bridgehead atoms. The zero-order valence-electron chi connectivity index (χ0n) is 13.3. The van der Waals surface area contributed by atoms with Crippen molar-refractivity contribution in [3.8, 4) is 0 Å². The Balaban J connectivity index is 0.00000441. The zero-order chi connectivity index (χ0) is 16.0. The number of nitrogens with two attached hydrogens (primary N) is 1. The maximum atomic E-state index is 6.26. The van der Waals surface area contributed by atoms with Gasteiger partial charge in [0.25, 0.3) is 0 Å². The summed E-state index contributed by atoms with van der Waals surface area (Å²) in [4.78, 5) is 4.39. The van der Waals surface area contributed by atoms with E-state index in [9.17, 15) is 0 Å². The summed E-state index contributed by atoms with van der Waals surface area (Å²) in [6.45, 7) is 7.10. The number of aliphatic imine (C=N–C) groups is 1. The number of hydrogen-bond donors (Lipinski definition) is 2. The van der Waals surface area contributed by atoms with Crippen LogP contribution in [0.3, 0.4) is 0 Å². The standard InChI is InChI=1S/C15H23Cl2N3O.HI/c1-10(8-21-4)20-14(18)19-9-15(2,3)13-11(16)6-5-7-12(13)17;/h5-7,10H,8-9H2,1-4H3,(H3,18,19,20);1H. The minimum absolute atomic E-state index is 0. The first-order valence-electron chi connectivity index (χ1n) is 6.78. The van der Waals surface area contributed by atoms with Crippen LogP contribution < -0.4 is 11.1 Å². The van der Waals surface area contributed by atoms with Crippen molar-refractivity contribution in [2.24, 2.45) is 10.7 Å². The molecule has 3 N–H and O–H groups in total. The van der Waals surface area contributed by atoms with Crippen molar-refractivity contribution >= 4 is 53.1 Å². The highest BCUT2D eigenvalue weighted by Crippen LogP contribution is 2.35. The van der Waals surface area contributed by atoms with Gasteiger partial charge in [0.2, 0.25) is 0 Å². The number of halogens is 3. The first-order valence-corrected chi connectivity index (χ1v) is 7.53. The molecule has 0 fully saturated rings. The summed E-state index contributed by atoms with van der Waals surface area (Å²) < 4.78 is 5.04. The molecule has 0 aliphatic carbocycles. The van der Waals surface area contributed by atoms with Crippen LogP contribution in [0, 0.1) is 0 Å². The lowest BCUT2D eigenvalue weighted by molar-refractivity contribution is 0.179. The summed E-state index contributed by atoms with van der Waals surface area (Å²) in [5.74, 6) is 0.385. The molecule has 0 aliphatic rings. The first kappa shape index (κ1) is 21.8. The lowest BCUT2D eigenvalue weighted by Gasteiger charge is -2.26. The van der Waals surface area contributed by atoms with E-state index in [4.69, 9.17) is 33.7 Å². The van der Waals surface area contributed by atoms with E-state index in [2.05, 4.69) is 10.3 Å². The summed E-state index contributed by atoms with van der Waals surface area (Å²) in [7, 11) is 1.65. The molecule has 1 rings (SSSR count). The minimum atomic E-state index is -0.313.